The molecule has 3 rings (SSSR count). The fourth-order valence-corrected chi connectivity index (χ4v) is 3.51. The maximum atomic E-state index is 12.7. The molecule has 32 heavy (non-hydrogen) atoms. The quantitative estimate of drug-likeness (QED) is 0.191. The molecule has 0 fully saturated rings. The molecule has 1 heterocycles. The fraction of sp³-hybridized carbons (Fsp3) is 0.360. The van der Waals surface area contributed by atoms with E-state index in [2.05, 4.69) is 10.3 Å². The Morgan fingerprint density at radius 2 is 1.75 bits per heavy atom. The first kappa shape index (κ1) is 23.7. The number of nitrogens with one attached hydrogen (secondary N) is 2. The van der Waals surface area contributed by atoms with Crippen LogP contribution in [0.2, 0.25) is 0 Å². The van der Waals surface area contributed by atoms with Crippen LogP contribution in [0.5, 0.6) is 5.75 Å². The molecule has 0 saturated carbocycles. The monoisotopic (exact) mass is 437 g/mol. The number of aliphatic hydroxyl groups excluding tert-OH is 1. The molecule has 0 spiro atoms. The van der Waals surface area contributed by atoms with Crippen LogP contribution in [0, 0.1) is 0 Å². The number of amides is 1. The second kappa shape index (κ2) is 12.1. The molecule has 7 nitrogen and oxygen atoms in total. The minimum absolute atomic E-state index is 0.169. The van der Waals surface area contributed by atoms with E-state index in [0.29, 0.717) is 29.9 Å². The number of hydrogen-bond donors (Lipinski definition) is 4. The van der Waals surface area contributed by atoms with E-state index in [9.17, 15) is 9.90 Å². The van der Waals surface area contributed by atoms with Gasteiger partial charge in [0.05, 0.1) is 5.52 Å². The molecule has 1 amide bonds. The molecule has 170 valence electrons. The van der Waals surface area contributed by atoms with Gasteiger partial charge in [-0.3, -0.25) is 4.79 Å². The molecule has 4 N–H and O–H groups in total. The van der Waals surface area contributed by atoms with Crippen LogP contribution >= 0.6 is 0 Å². The molecular weight excluding hydrogens is 406 g/mol. The average molecular weight is 438 g/mol. The zero-order valence-electron chi connectivity index (χ0n) is 18.3. The number of fused-ring (bicyclic) bond motifs is 1. The van der Waals surface area contributed by atoms with Crippen LogP contribution in [-0.4, -0.2) is 34.0 Å². The summed E-state index contributed by atoms with van der Waals surface area (Å²) in [5, 5.41) is 21.6. The Hall–Kier alpha value is -3.00. The number of aliphatic hydroxyl groups is 1. The van der Waals surface area contributed by atoms with E-state index in [1.807, 2.05) is 67.0 Å². The van der Waals surface area contributed by atoms with Gasteiger partial charge in [-0.25, -0.2) is 4.98 Å². The van der Waals surface area contributed by atoms with Crippen molar-refractivity contribution in [3.8, 4) is 5.75 Å². The Bertz CT molecular complexity index is 997. The van der Waals surface area contributed by atoms with Gasteiger partial charge in [-0.05, 0) is 43.9 Å². The lowest BCUT2D eigenvalue weighted by molar-refractivity contribution is -0.00393. The summed E-state index contributed by atoms with van der Waals surface area (Å²) in [6.07, 6.45) is 2.91. The molecule has 0 saturated heterocycles. The summed E-state index contributed by atoms with van der Waals surface area (Å²) in [5.41, 5.74) is 3.92. The van der Waals surface area contributed by atoms with E-state index in [-0.39, 0.29) is 12.0 Å². The SMILES string of the molecule is CC(Oc1cc(C(=O)NCCCCCCC(O)NO)nc2ccccc12)c1ccccc1. The van der Waals surface area contributed by atoms with Gasteiger partial charge < -0.3 is 20.4 Å². The summed E-state index contributed by atoms with van der Waals surface area (Å²) in [5.74, 6) is 0.404. The number of para-hydroxylation sites is 1. The summed E-state index contributed by atoms with van der Waals surface area (Å²) in [6.45, 7) is 2.53. The maximum absolute atomic E-state index is 12.7. The number of pyridine rings is 1. The number of nitrogens with zero attached hydrogens (tertiary/aromatic N) is 1. The molecule has 7 heteroatoms. The lowest BCUT2D eigenvalue weighted by atomic mass is 10.1. The zero-order chi connectivity index (χ0) is 22.8. The Kier molecular flexibility index (Phi) is 8.98. The summed E-state index contributed by atoms with van der Waals surface area (Å²) >= 11 is 0. The van der Waals surface area contributed by atoms with Gasteiger partial charge >= 0.3 is 0 Å². The van der Waals surface area contributed by atoms with Crippen molar-refractivity contribution in [2.45, 2.75) is 51.4 Å². The van der Waals surface area contributed by atoms with Crippen molar-refractivity contribution < 1.29 is 19.8 Å². The first-order valence-corrected chi connectivity index (χ1v) is 11.1. The van der Waals surface area contributed by atoms with Crippen LogP contribution in [-0.2, 0) is 0 Å². The smallest absolute Gasteiger partial charge is 0.270 e. The third-order valence-corrected chi connectivity index (χ3v) is 5.32. The van der Waals surface area contributed by atoms with Crippen molar-refractivity contribution in [3.05, 3.63) is 71.9 Å². The van der Waals surface area contributed by atoms with Crippen molar-refractivity contribution in [1.29, 1.82) is 0 Å². The minimum Gasteiger partial charge on any atom is -0.485 e. The molecule has 0 radical (unpaired) electrons. The first-order valence-electron chi connectivity index (χ1n) is 11.1. The molecule has 1 aromatic heterocycles. The standard InChI is InChI=1S/C25H31N3O4/c1-18(19-11-5-4-6-12-19)32-23-17-22(27-21-14-9-8-13-20(21)23)25(30)26-16-10-3-2-7-15-24(29)28-31/h4-6,8-9,11-14,17-18,24,28-29,31H,2-3,7,10,15-16H2,1H3,(H,26,30). The van der Waals surface area contributed by atoms with Crippen molar-refractivity contribution in [2.75, 3.05) is 6.54 Å². The van der Waals surface area contributed by atoms with Crippen LogP contribution in [0.1, 0.15) is 61.2 Å². The highest BCUT2D eigenvalue weighted by Gasteiger charge is 2.15. The van der Waals surface area contributed by atoms with Crippen molar-refractivity contribution >= 4 is 16.8 Å². The predicted octanol–water partition coefficient (Wildman–Crippen LogP) is 4.35. The van der Waals surface area contributed by atoms with Gasteiger partial charge in [0.2, 0.25) is 0 Å². The second-order valence-electron chi connectivity index (χ2n) is 7.80. The molecule has 0 aliphatic rings. The molecule has 2 unspecified atom stereocenters. The zero-order valence-corrected chi connectivity index (χ0v) is 18.3. The van der Waals surface area contributed by atoms with Gasteiger partial charge in [-0.1, -0.05) is 55.3 Å². The highest BCUT2D eigenvalue weighted by atomic mass is 16.5. The van der Waals surface area contributed by atoms with Crippen molar-refractivity contribution in [1.82, 2.24) is 15.8 Å². The van der Waals surface area contributed by atoms with E-state index in [0.717, 1.165) is 36.6 Å². The number of benzene rings is 2. The van der Waals surface area contributed by atoms with Gasteiger partial charge in [-0.15, -0.1) is 0 Å². The van der Waals surface area contributed by atoms with E-state index < -0.39 is 6.23 Å². The topological polar surface area (TPSA) is 104 Å². The number of unbranched alkanes of at least 4 members (excludes halogenated alkanes) is 3. The molecular formula is C25H31N3O4. The highest BCUT2D eigenvalue weighted by molar-refractivity contribution is 5.97. The third-order valence-electron chi connectivity index (χ3n) is 5.32. The number of hydrogen-bond acceptors (Lipinski definition) is 6. The Balaban J connectivity index is 1.61. The van der Waals surface area contributed by atoms with Crippen molar-refractivity contribution in [3.63, 3.8) is 0 Å². The normalized spacial score (nSPS) is 13.0. The number of hydroxylamine groups is 1. The Morgan fingerprint density at radius 1 is 1.03 bits per heavy atom. The minimum atomic E-state index is -0.880. The van der Waals surface area contributed by atoms with Gasteiger partial charge in [0.1, 0.15) is 23.8 Å². The van der Waals surface area contributed by atoms with E-state index in [1.165, 1.54) is 0 Å². The van der Waals surface area contributed by atoms with Crippen LogP contribution in [0.4, 0.5) is 0 Å². The number of carbonyl (C=O) groups excluding carboxylic acids is 1. The van der Waals surface area contributed by atoms with Gasteiger partial charge in [0, 0.05) is 18.0 Å². The largest absolute Gasteiger partial charge is 0.485 e. The van der Waals surface area contributed by atoms with E-state index in [4.69, 9.17) is 9.94 Å². The van der Waals surface area contributed by atoms with Crippen LogP contribution in [0.25, 0.3) is 10.9 Å². The van der Waals surface area contributed by atoms with E-state index in [1.54, 1.807) is 6.07 Å². The summed E-state index contributed by atoms with van der Waals surface area (Å²) in [6, 6.07) is 19.3. The molecule has 2 aromatic carbocycles. The highest BCUT2D eigenvalue weighted by Crippen LogP contribution is 2.29. The van der Waals surface area contributed by atoms with Gasteiger partial charge in [0.25, 0.3) is 5.91 Å². The van der Waals surface area contributed by atoms with Crippen molar-refractivity contribution in [2.24, 2.45) is 0 Å². The van der Waals surface area contributed by atoms with E-state index >= 15 is 0 Å². The Morgan fingerprint density at radius 3 is 2.53 bits per heavy atom. The molecule has 0 aliphatic carbocycles. The molecule has 2 atom stereocenters. The number of carbonyl (C=O) groups is 1. The lowest BCUT2D eigenvalue weighted by Gasteiger charge is -2.17. The van der Waals surface area contributed by atoms with Gasteiger partial charge in [-0.2, -0.15) is 5.48 Å². The van der Waals surface area contributed by atoms with Crippen LogP contribution in [0.3, 0.4) is 0 Å². The molecule has 0 aliphatic heterocycles. The summed E-state index contributed by atoms with van der Waals surface area (Å²) in [4.78, 5) is 17.2. The lowest BCUT2D eigenvalue weighted by Crippen LogP contribution is -2.25. The number of ether oxygens (including phenoxy) is 1. The van der Waals surface area contributed by atoms with Crippen LogP contribution in [0.15, 0.2) is 60.7 Å². The summed E-state index contributed by atoms with van der Waals surface area (Å²) < 4.78 is 6.24. The fourth-order valence-electron chi connectivity index (χ4n) is 3.51. The first-order chi connectivity index (χ1) is 15.6. The number of rotatable bonds is 12. The average Bonchev–Trinajstić information content (AvgIpc) is 2.83. The predicted molar refractivity (Wildman–Crippen MR) is 124 cm³/mol. The number of aromatic nitrogens is 1. The van der Waals surface area contributed by atoms with Gasteiger partial charge in [0.15, 0.2) is 0 Å². The second-order valence-corrected chi connectivity index (χ2v) is 7.80. The third kappa shape index (κ3) is 6.75. The Labute approximate surface area is 188 Å². The van der Waals surface area contributed by atoms with Crippen LogP contribution < -0.4 is 15.5 Å². The molecule has 3 aromatic rings. The molecule has 0 bridgehead atoms. The summed E-state index contributed by atoms with van der Waals surface area (Å²) in [7, 11) is 0. The maximum Gasteiger partial charge on any atom is 0.270 e.